The van der Waals surface area contributed by atoms with Crippen molar-refractivity contribution < 1.29 is 9.84 Å². The Morgan fingerprint density at radius 2 is 1.45 bits per heavy atom. The Morgan fingerprint density at radius 1 is 0.897 bits per heavy atom. The molecule has 1 atom stereocenters. The minimum Gasteiger partial charge on any atom is -0.381 e. The molecule has 1 saturated heterocycles. The molecule has 3 nitrogen and oxygen atoms in total. The van der Waals surface area contributed by atoms with E-state index >= 15 is 0 Å². The van der Waals surface area contributed by atoms with Gasteiger partial charge in [-0.1, -0.05) is 80.9 Å². The van der Waals surface area contributed by atoms with E-state index in [9.17, 15) is 5.11 Å². The molecule has 1 fully saturated rings. The number of ether oxygens (including phenoxy) is 1. The molecule has 2 aromatic rings. The molecule has 0 saturated carbocycles. The number of benzene rings is 2. The second-order valence-electron chi connectivity index (χ2n) is 8.81. The molecule has 0 aromatic heterocycles. The summed E-state index contributed by atoms with van der Waals surface area (Å²) in [7, 11) is 0. The van der Waals surface area contributed by atoms with E-state index in [0.29, 0.717) is 12.5 Å². The summed E-state index contributed by atoms with van der Waals surface area (Å²) in [5.74, 6) is 0.593. The van der Waals surface area contributed by atoms with Gasteiger partial charge < -0.3 is 14.7 Å². The van der Waals surface area contributed by atoms with Crippen molar-refractivity contribution in [2.24, 2.45) is 11.8 Å². The topological polar surface area (TPSA) is 32.7 Å². The molecule has 0 aliphatic carbocycles. The van der Waals surface area contributed by atoms with Crippen LogP contribution in [0.2, 0.25) is 0 Å². The van der Waals surface area contributed by atoms with E-state index in [2.05, 4.69) is 18.7 Å². The molecule has 0 bridgehead atoms. The van der Waals surface area contributed by atoms with E-state index < -0.39 is 5.60 Å². The summed E-state index contributed by atoms with van der Waals surface area (Å²) in [5, 5.41) is 12.2. The number of hydrogen-bond donors (Lipinski definition) is 1. The van der Waals surface area contributed by atoms with Crippen LogP contribution in [0.25, 0.3) is 0 Å². The molecule has 0 radical (unpaired) electrons. The Balaban J connectivity index is 1.90. The van der Waals surface area contributed by atoms with Gasteiger partial charge >= 0.3 is 0 Å². The molecule has 1 unspecified atom stereocenters. The molecule has 2 aromatic carbocycles. The van der Waals surface area contributed by atoms with E-state index in [1.54, 1.807) is 0 Å². The highest BCUT2D eigenvalue weighted by molar-refractivity contribution is 5.37. The molecular weight excluding hydrogens is 358 g/mol. The van der Waals surface area contributed by atoms with Gasteiger partial charge in [-0.3, -0.25) is 0 Å². The third-order valence-electron chi connectivity index (χ3n) is 6.10. The quantitative estimate of drug-likeness (QED) is 0.569. The summed E-state index contributed by atoms with van der Waals surface area (Å²) < 4.78 is 6.15. The van der Waals surface area contributed by atoms with Gasteiger partial charge in [-0.2, -0.15) is 0 Å². The van der Waals surface area contributed by atoms with Crippen LogP contribution in [-0.4, -0.2) is 42.9 Å². The molecular formula is C26H37NO2. The first-order chi connectivity index (χ1) is 14.1. The second kappa shape index (κ2) is 10.9. The summed E-state index contributed by atoms with van der Waals surface area (Å²) in [4.78, 5) is 2.51. The Bertz CT molecular complexity index is 656. The molecule has 0 spiro atoms. The van der Waals surface area contributed by atoms with Crippen LogP contribution in [-0.2, 0) is 10.3 Å². The van der Waals surface area contributed by atoms with Crippen molar-refractivity contribution in [2.75, 3.05) is 32.8 Å². The lowest BCUT2D eigenvalue weighted by Crippen LogP contribution is -2.47. The monoisotopic (exact) mass is 395 g/mol. The molecule has 0 amide bonds. The third kappa shape index (κ3) is 5.91. The normalized spacial score (nSPS) is 16.8. The third-order valence-corrected chi connectivity index (χ3v) is 6.10. The van der Waals surface area contributed by atoms with Crippen LogP contribution in [0.1, 0.15) is 50.7 Å². The van der Waals surface area contributed by atoms with Gasteiger partial charge in [0.2, 0.25) is 0 Å². The van der Waals surface area contributed by atoms with Crippen molar-refractivity contribution in [3.8, 4) is 0 Å². The first-order valence-corrected chi connectivity index (χ1v) is 11.2. The lowest BCUT2D eigenvalue weighted by atomic mass is 9.76. The first-order valence-electron chi connectivity index (χ1n) is 11.2. The van der Waals surface area contributed by atoms with Crippen LogP contribution < -0.4 is 0 Å². The fourth-order valence-electron chi connectivity index (χ4n) is 4.33. The van der Waals surface area contributed by atoms with Crippen LogP contribution in [0, 0.1) is 11.8 Å². The van der Waals surface area contributed by atoms with E-state index in [1.165, 1.54) is 19.3 Å². The average Bonchev–Trinajstić information content (AvgIpc) is 2.77. The summed E-state index contributed by atoms with van der Waals surface area (Å²) in [6.45, 7) is 8.82. The Morgan fingerprint density at radius 3 is 1.97 bits per heavy atom. The standard InChI is InChI=1S/C26H37NO2/c1-22(2)16-19-29-21-25(20-27-17-10-5-11-18-27)26(28,23-12-6-3-7-13-23)24-14-8-4-9-15-24/h3-4,6-9,12-15,22,25,28H,5,10-11,16-21H2,1-2H3. The molecule has 3 rings (SSSR count). The van der Waals surface area contributed by atoms with Gasteiger partial charge in [0, 0.05) is 19.1 Å². The summed E-state index contributed by atoms with van der Waals surface area (Å²) in [6.07, 6.45) is 4.85. The van der Waals surface area contributed by atoms with Gasteiger partial charge in [0.1, 0.15) is 5.60 Å². The summed E-state index contributed by atoms with van der Waals surface area (Å²) >= 11 is 0. The predicted molar refractivity (Wildman–Crippen MR) is 120 cm³/mol. The first kappa shape index (κ1) is 22.0. The average molecular weight is 396 g/mol. The molecule has 29 heavy (non-hydrogen) atoms. The summed E-state index contributed by atoms with van der Waals surface area (Å²) in [6, 6.07) is 20.3. The maximum atomic E-state index is 12.2. The Hall–Kier alpha value is -1.68. The van der Waals surface area contributed by atoms with Gasteiger partial charge in [0.05, 0.1) is 6.61 Å². The molecule has 3 heteroatoms. The molecule has 1 N–H and O–H groups in total. The number of rotatable bonds is 10. The smallest absolute Gasteiger partial charge is 0.121 e. The highest BCUT2D eigenvalue weighted by Crippen LogP contribution is 2.38. The number of piperidine rings is 1. The predicted octanol–water partition coefficient (Wildman–Crippen LogP) is 5.09. The van der Waals surface area contributed by atoms with Gasteiger partial charge in [0.15, 0.2) is 0 Å². The second-order valence-corrected chi connectivity index (χ2v) is 8.81. The molecule has 1 aliphatic heterocycles. The van der Waals surface area contributed by atoms with E-state index in [0.717, 1.165) is 43.8 Å². The number of likely N-dealkylation sites (tertiary alicyclic amines) is 1. The van der Waals surface area contributed by atoms with Crippen LogP contribution >= 0.6 is 0 Å². The van der Waals surface area contributed by atoms with Gasteiger partial charge in [-0.05, 0) is 49.4 Å². The van der Waals surface area contributed by atoms with Gasteiger partial charge in [0.25, 0.3) is 0 Å². The van der Waals surface area contributed by atoms with Crippen LogP contribution in [0.4, 0.5) is 0 Å². The van der Waals surface area contributed by atoms with Crippen molar-refractivity contribution in [1.82, 2.24) is 4.90 Å². The minimum atomic E-state index is -1.07. The maximum absolute atomic E-state index is 12.2. The van der Waals surface area contributed by atoms with Gasteiger partial charge in [-0.25, -0.2) is 0 Å². The molecule has 1 aliphatic rings. The number of nitrogens with zero attached hydrogens (tertiary/aromatic N) is 1. The van der Waals surface area contributed by atoms with Crippen LogP contribution in [0.5, 0.6) is 0 Å². The highest BCUT2D eigenvalue weighted by Gasteiger charge is 2.41. The van der Waals surface area contributed by atoms with Crippen LogP contribution in [0.3, 0.4) is 0 Å². The van der Waals surface area contributed by atoms with Crippen LogP contribution in [0.15, 0.2) is 60.7 Å². The Kier molecular flexibility index (Phi) is 8.29. The number of hydrogen-bond acceptors (Lipinski definition) is 3. The van der Waals surface area contributed by atoms with E-state index in [1.807, 2.05) is 60.7 Å². The van der Waals surface area contributed by atoms with Crippen molar-refractivity contribution in [3.63, 3.8) is 0 Å². The lowest BCUT2D eigenvalue weighted by molar-refractivity contribution is -0.0468. The summed E-state index contributed by atoms with van der Waals surface area (Å²) in [5.41, 5.74) is 0.818. The maximum Gasteiger partial charge on any atom is 0.121 e. The van der Waals surface area contributed by atoms with Gasteiger partial charge in [-0.15, -0.1) is 0 Å². The molecule has 158 valence electrons. The zero-order valence-electron chi connectivity index (χ0n) is 18.1. The highest BCUT2D eigenvalue weighted by atomic mass is 16.5. The zero-order chi connectivity index (χ0) is 20.5. The fraction of sp³-hybridized carbons (Fsp3) is 0.538. The molecule has 1 heterocycles. The number of aliphatic hydroxyl groups is 1. The van der Waals surface area contributed by atoms with Crippen molar-refractivity contribution in [1.29, 1.82) is 0 Å². The Labute approximate surface area is 176 Å². The largest absolute Gasteiger partial charge is 0.381 e. The lowest BCUT2D eigenvalue weighted by Gasteiger charge is -2.40. The van der Waals surface area contributed by atoms with Crippen molar-refractivity contribution in [2.45, 2.75) is 45.1 Å². The fourth-order valence-corrected chi connectivity index (χ4v) is 4.33. The van der Waals surface area contributed by atoms with E-state index in [4.69, 9.17) is 4.74 Å². The van der Waals surface area contributed by atoms with E-state index in [-0.39, 0.29) is 5.92 Å². The van der Waals surface area contributed by atoms with Crippen molar-refractivity contribution >= 4 is 0 Å². The zero-order valence-corrected chi connectivity index (χ0v) is 18.1. The minimum absolute atomic E-state index is 0.0300. The SMILES string of the molecule is CC(C)CCOCC(CN1CCCCC1)C(O)(c1ccccc1)c1ccccc1. The van der Waals surface area contributed by atoms with Crippen molar-refractivity contribution in [3.05, 3.63) is 71.8 Å².